The molecule has 0 bridgehead atoms. The summed E-state index contributed by atoms with van der Waals surface area (Å²) in [7, 11) is 0. The number of carbonyl (C=O) groups is 2. The number of likely N-dealkylation sites (tertiary alicyclic amines) is 1. The largest absolute Gasteiger partial charge is 0.481 e. The van der Waals surface area contributed by atoms with E-state index in [2.05, 4.69) is 0 Å². The summed E-state index contributed by atoms with van der Waals surface area (Å²) in [4.78, 5) is 25.6. The van der Waals surface area contributed by atoms with Crippen molar-refractivity contribution >= 4 is 12.1 Å². The van der Waals surface area contributed by atoms with E-state index in [0.29, 0.717) is 13.0 Å². The molecule has 5 nitrogen and oxygen atoms in total. The molecule has 1 fully saturated rings. The lowest BCUT2D eigenvalue weighted by Crippen LogP contribution is -2.38. The lowest BCUT2D eigenvalue weighted by Gasteiger charge is -2.30. The van der Waals surface area contributed by atoms with Gasteiger partial charge >= 0.3 is 12.1 Å². The van der Waals surface area contributed by atoms with Crippen molar-refractivity contribution in [2.24, 2.45) is 5.92 Å². The smallest absolute Gasteiger partial charge is 0.410 e. The summed E-state index contributed by atoms with van der Waals surface area (Å²) >= 11 is 0. The van der Waals surface area contributed by atoms with E-state index in [4.69, 9.17) is 4.74 Å². The second-order valence-corrected chi connectivity index (χ2v) is 6.71. The fraction of sp³-hybridized carbons (Fsp3) is 0.529. The number of amides is 1. The van der Waals surface area contributed by atoms with Gasteiger partial charge in [-0.15, -0.1) is 0 Å². The summed E-state index contributed by atoms with van der Waals surface area (Å²) in [5, 5.41) is 9.49. The number of carbonyl (C=O) groups excluding carboxylic acids is 1. The van der Waals surface area contributed by atoms with Gasteiger partial charge in [-0.25, -0.2) is 4.79 Å². The average molecular weight is 305 g/mol. The number of carboxylic acids is 1. The zero-order valence-electron chi connectivity index (χ0n) is 13.5. The molecule has 5 heteroatoms. The Balaban J connectivity index is 2.36. The molecule has 0 saturated carbocycles. The quantitative estimate of drug-likeness (QED) is 0.909. The van der Waals surface area contributed by atoms with Gasteiger partial charge in [-0.2, -0.15) is 0 Å². The number of hydrogen-bond donors (Lipinski definition) is 1. The van der Waals surface area contributed by atoms with E-state index in [1.807, 2.05) is 31.2 Å². The minimum Gasteiger partial charge on any atom is -0.481 e. The van der Waals surface area contributed by atoms with Crippen molar-refractivity contribution < 1.29 is 19.4 Å². The van der Waals surface area contributed by atoms with Crippen molar-refractivity contribution in [3.8, 4) is 0 Å². The molecule has 1 aliphatic heterocycles. The third kappa shape index (κ3) is 3.40. The van der Waals surface area contributed by atoms with Crippen molar-refractivity contribution in [2.75, 3.05) is 6.54 Å². The van der Waals surface area contributed by atoms with E-state index in [1.54, 1.807) is 25.7 Å². The Hall–Kier alpha value is -2.04. The molecule has 1 aromatic carbocycles. The van der Waals surface area contributed by atoms with Gasteiger partial charge in [-0.3, -0.25) is 4.79 Å². The van der Waals surface area contributed by atoms with E-state index < -0.39 is 29.6 Å². The Labute approximate surface area is 130 Å². The number of carboxylic acid groups (broad SMARTS) is 1. The summed E-state index contributed by atoms with van der Waals surface area (Å²) in [5.41, 5.74) is 1.25. The van der Waals surface area contributed by atoms with Gasteiger partial charge in [0.2, 0.25) is 0 Å². The summed E-state index contributed by atoms with van der Waals surface area (Å²) in [6.07, 6.45) is -0.0161. The van der Waals surface area contributed by atoms with Crippen LogP contribution in [-0.4, -0.2) is 34.2 Å². The lowest BCUT2D eigenvalue weighted by atomic mass is 9.91. The maximum Gasteiger partial charge on any atom is 0.410 e. The minimum atomic E-state index is -0.876. The first-order valence-electron chi connectivity index (χ1n) is 7.48. The third-order valence-corrected chi connectivity index (χ3v) is 3.85. The molecule has 0 unspecified atom stereocenters. The van der Waals surface area contributed by atoms with Gasteiger partial charge in [0.05, 0.1) is 12.0 Å². The second kappa shape index (κ2) is 5.99. The highest BCUT2D eigenvalue weighted by atomic mass is 16.6. The van der Waals surface area contributed by atoms with Gasteiger partial charge in [0.1, 0.15) is 5.60 Å². The highest BCUT2D eigenvalue weighted by molar-refractivity contribution is 5.76. The molecule has 0 spiro atoms. The molecule has 2 atom stereocenters. The third-order valence-electron chi connectivity index (χ3n) is 3.85. The molecule has 1 aliphatic rings. The molecule has 1 N–H and O–H groups in total. The Morgan fingerprint density at radius 3 is 2.45 bits per heavy atom. The molecule has 1 aromatic rings. The number of ether oxygens (including phenoxy) is 1. The molecular weight excluding hydrogens is 282 g/mol. The Bertz CT molecular complexity index is 576. The van der Waals surface area contributed by atoms with Crippen LogP contribution >= 0.6 is 0 Å². The zero-order valence-corrected chi connectivity index (χ0v) is 13.5. The van der Waals surface area contributed by atoms with Crippen molar-refractivity contribution in [3.63, 3.8) is 0 Å². The number of benzene rings is 1. The van der Waals surface area contributed by atoms with E-state index >= 15 is 0 Å². The van der Waals surface area contributed by atoms with E-state index in [9.17, 15) is 14.7 Å². The molecular formula is C17H23NO4. The highest BCUT2D eigenvalue weighted by Gasteiger charge is 2.44. The number of aliphatic carboxylic acids is 1. The van der Waals surface area contributed by atoms with Crippen LogP contribution in [0.25, 0.3) is 0 Å². The number of hydrogen-bond acceptors (Lipinski definition) is 3. The fourth-order valence-corrected chi connectivity index (χ4v) is 2.88. The van der Waals surface area contributed by atoms with Crippen LogP contribution in [0.3, 0.4) is 0 Å². The molecule has 2 rings (SSSR count). The van der Waals surface area contributed by atoms with Gasteiger partial charge in [0, 0.05) is 6.54 Å². The molecule has 0 aromatic heterocycles. The minimum absolute atomic E-state index is 0.394. The summed E-state index contributed by atoms with van der Waals surface area (Å²) < 4.78 is 5.44. The topological polar surface area (TPSA) is 66.8 Å². The molecule has 22 heavy (non-hydrogen) atoms. The molecule has 120 valence electrons. The standard InChI is InChI=1S/C17H23NO4/c1-11-7-5-6-8-12(11)14-13(15(19)20)9-10-18(14)16(21)22-17(2,3)4/h5-8,13-14H,9-10H2,1-4H3,(H,19,20)/t13-,14-/m0/s1. The number of nitrogens with zero attached hydrogens (tertiary/aromatic N) is 1. The molecule has 0 radical (unpaired) electrons. The van der Waals surface area contributed by atoms with Crippen LogP contribution in [0.1, 0.15) is 44.4 Å². The Morgan fingerprint density at radius 1 is 1.27 bits per heavy atom. The van der Waals surface area contributed by atoms with Crippen LogP contribution < -0.4 is 0 Å². The van der Waals surface area contributed by atoms with Crippen LogP contribution in [0.15, 0.2) is 24.3 Å². The molecule has 1 amide bonds. The first-order valence-corrected chi connectivity index (χ1v) is 7.48. The summed E-state index contributed by atoms with van der Waals surface area (Å²) in [5.74, 6) is -1.48. The molecule has 0 aliphatic carbocycles. The first kappa shape index (κ1) is 16.3. The molecule has 1 saturated heterocycles. The first-order chi connectivity index (χ1) is 10.2. The number of rotatable bonds is 2. The predicted molar refractivity (Wildman–Crippen MR) is 82.6 cm³/mol. The fourth-order valence-electron chi connectivity index (χ4n) is 2.88. The van der Waals surface area contributed by atoms with Crippen LogP contribution in [0.5, 0.6) is 0 Å². The van der Waals surface area contributed by atoms with Crippen LogP contribution in [0.2, 0.25) is 0 Å². The van der Waals surface area contributed by atoms with Crippen LogP contribution in [-0.2, 0) is 9.53 Å². The van der Waals surface area contributed by atoms with Crippen molar-refractivity contribution in [1.29, 1.82) is 0 Å². The van der Waals surface area contributed by atoms with Gasteiger partial charge in [-0.05, 0) is 45.2 Å². The van der Waals surface area contributed by atoms with Crippen molar-refractivity contribution in [1.82, 2.24) is 4.90 Å². The maximum atomic E-state index is 12.4. The van der Waals surface area contributed by atoms with E-state index in [1.165, 1.54) is 0 Å². The second-order valence-electron chi connectivity index (χ2n) is 6.71. The normalized spacial score (nSPS) is 21.7. The van der Waals surface area contributed by atoms with Gasteiger partial charge < -0.3 is 14.7 Å². The van der Waals surface area contributed by atoms with E-state index in [-0.39, 0.29) is 0 Å². The highest BCUT2D eigenvalue weighted by Crippen LogP contribution is 2.39. The Kier molecular flexibility index (Phi) is 4.44. The van der Waals surface area contributed by atoms with Gasteiger partial charge in [0.15, 0.2) is 0 Å². The van der Waals surface area contributed by atoms with Crippen LogP contribution in [0.4, 0.5) is 4.79 Å². The predicted octanol–water partition coefficient (Wildman–Crippen LogP) is 3.38. The zero-order chi connectivity index (χ0) is 16.5. The molecule has 1 heterocycles. The van der Waals surface area contributed by atoms with Gasteiger partial charge in [-0.1, -0.05) is 24.3 Å². The maximum absolute atomic E-state index is 12.4. The average Bonchev–Trinajstić information content (AvgIpc) is 2.82. The lowest BCUT2D eigenvalue weighted by molar-refractivity contribution is -0.142. The monoisotopic (exact) mass is 305 g/mol. The summed E-state index contributed by atoms with van der Waals surface area (Å²) in [6.45, 7) is 7.74. The van der Waals surface area contributed by atoms with Crippen molar-refractivity contribution in [3.05, 3.63) is 35.4 Å². The van der Waals surface area contributed by atoms with E-state index in [0.717, 1.165) is 11.1 Å². The Morgan fingerprint density at radius 2 is 1.91 bits per heavy atom. The summed E-state index contributed by atoms with van der Waals surface area (Å²) in [6, 6.07) is 7.11. The SMILES string of the molecule is Cc1ccccc1[C@H]1[C@@H](C(=O)O)CCN1C(=O)OC(C)(C)C. The number of aryl methyl sites for hydroxylation is 1. The van der Waals surface area contributed by atoms with Crippen LogP contribution in [0, 0.1) is 12.8 Å². The van der Waals surface area contributed by atoms with Crippen molar-refractivity contribution in [2.45, 2.75) is 45.8 Å². The van der Waals surface area contributed by atoms with Gasteiger partial charge in [0.25, 0.3) is 0 Å².